The van der Waals surface area contributed by atoms with Crippen LogP contribution in [0.5, 0.6) is 0 Å². The van der Waals surface area contributed by atoms with E-state index in [1.165, 1.54) is 6.07 Å². The Bertz CT molecular complexity index is 1030. The number of fused-ring (bicyclic) bond motifs is 2. The normalized spacial score (nSPS) is 18.0. The van der Waals surface area contributed by atoms with Crippen LogP contribution in [0.3, 0.4) is 0 Å². The highest BCUT2D eigenvalue weighted by molar-refractivity contribution is 7.92. The zero-order valence-corrected chi connectivity index (χ0v) is 16.4. The van der Waals surface area contributed by atoms with Crippen molar-refractivity contribution in [3.8, 4) is 0 Å². The van der Waals surface area contributed by atoms with Gasteiger partial charge in [0.15, 0.2) is 0 Å². The van der Waals surface area contributed by atoms with Crippen LogP contribution in [0.4, 0.5) is 15.8 Å². The summed E-state index contributed by atoms with van der Waals surface area (Å²) in [6, 6.07) is 11.9. The third-order valence-corrected chi connectivity index (χ3v) is 6.15. The Hall–Kier alpha value is -2.21. The van der Waals surface area contributed by atoms with Crippen molar-refractivity contribution in [3.63, 3.8) is 0 Å². The first-order valence-electron chi connectivity index (χ1n) is 9.17. The van der Waals surface area contributed by atoms with E-state index in [9.17, 15) is 13.4 Å². The molecule has 27 heavy (non-hydrogen) atoms. The summed E-state index contributed by atoms with van der Waals surface area (Å²) in [5, 5.41) is 0. The highest BCUT2D eigenvalue weighted by Crippen LogP contribution is 2.51. The van der Waals surface area contributed by atoms with E-state index in [4.69, 9.17) is 0 Å². The molecule has 2 aromatic rings. The molecule has 0 aromatic heterocycles. The number of rotatable bonds is 2. The first kappa shape index (κ1) is 18.2. The maximum absolute atomic E-state index is 14.7. The highest BCUT2D eigenvalue weighted by atomic mass is 32.2. The molecule has 6 heteroatoms. The molecular formula is C21H23FN2O2S. The van der Waals surface area contributed by atoms with Crippen LogP contribution in [0.1, 0.15) is 41.6 Å². The number of carbonyl (C=O) groups is 1. The molecule has 2 aromatic carbocycles. The van der Waals surface area contributed by atoms with Gasteiger partial charge in [-0.3, -0.25) is 4.79 Å². The first-order chi connectivity index (χ1) is 12.8. The third kappa shape index (κ3) is 3.27. The largest absolute Gasteiger partial charge is 0.307 e. The molecule has 1 amide bonds. The number of halogens is 1. The Kier molecular flexibility index (Phi) is 4.34. The Balaban J connectivity index is 1.75. The van der Waals surface area contributed by atoms with Crippen LogP contribution in [-0.2, 0) is 15.1 Å². The molecule has 1 spiro atoms. The van der Waals surface area contributed by atoms with Crippen molar-refractivity contribution in [1.29, 1.82) is 0 Å². The number of carbonyl (C=O) groups excluding carboxylic acids is 1. The molecule has 142 valence electrons. The van der Waals surface area contributed by atoms with Gasteiger partial charge in [-0.15, -0.1) is 0 Å². The predicted octanol–water partition coefficient (Wildman–Crippen LogP) is 4.66. The highest BCUT2D eigenvalue weighted by Gasteiger charge is 2.48. The SMILES string of the molecule is CS(C)(=O)=Nc1cccc(C(=O)N2CC3(CCCC3)c3c(F)cccc32)c1. The fourth-order valence-corrected chi connectivity index (χ4v) is 5.10. The Labute approximate surface area is 159 Å². The quantitative estimate of drug-likeness (QED) is 0.754. The smallest absolute Gasteiger partial charge is 0.258 e. The summed E-state index contributed by atoms with van der Waals surface area (Å²) in [5.74, 6) is -0.383. The summed E-state index contributed by atoms with van der Waals surface area (Å²) in [7, 11) is -2.31. The molecule has 1 saturated carbocycles. The van der Waals surface area contributed by atoms with Gasteiger partial charge in [-0.1, -0.05) is 25.0 Å². The predicted molar refractivity (Wildman–Crippen MR) is 107 cm³/mol. The lowest BCUT2D eigenvalue weighted by molar-refractivity contribution is 0.0985. The van der Waals surface area contributed by atoms with Gasteiger partial charge < -0.3 is 4.90 Å². The van der Waals surface area contributed by atoms with Crippen molar-refractivity contribution in [2.24, 2.45) is 4.36 Å². The summed E-state index contributed by atoms with van der Waals surface area (Å²) in [6.45, 7) is 0.516. The Morgan fingerprint density at radius 2 is 1.85 bits per heavy atom. The molecule has 0 radical (unpaired) electrons. The molecule has 2 aliphatic rings. The van der Waals surface area contributed by atoms with Crippen molar-refractivity contribution >= 4 is 27.0 Å². The molecule has 0 N–H and O–H groups in total. The summed E-state index contributed by atoms with van der Waals surface area (Å²) >= 11 is 0. The van der Waals surface area contributed by atoms with Gasteiger partial charge in [0.1, 0.15) is 5.82 Å². The first-order valence-corrected chi connectivity index (χ1v) is 11.5. The van der Waals surface area contributed by atoms with Crippen molar-refractivity contribution in [2.75, 3.05) is 24.0 Å². The van der Waals surface area contributed by atoms with E-state index in [-0.39, 0.29) is 17.1 Å². The van der Waals surface area contributed by atoms with Crippen LogP contribution in [0, 0.1) is 5.82 Å². The average Bonchev–Trinajstić information content (AvgIpc) is 3.20. The molecule has 1 fully saturated rings. The van der Waals surface area contributed by atoms with Crippen molar-refractivity contribution < 1.29 is 13.4 Å². The van der Waals surface area contributed by atoms with Crippen molar-refractivity contribution in [3.05, 3.63) is 59.4 Å². The van der Waals surface area contributed by atoms with E-state index < -0.39 is 9.73 Å². The van der Waals surface area contributed by atoms with Gasteiger partial charge >= 0.3 is 0 Å². The molecule has 1 aliphatic heterocycles. The van der Waals surface area contributed by atoms with Gasteiger partial charge in [0.2, 0.25) is 0 Å². The molecule has 1 aliphatic carbocycles. The minimum absolute atomic E-state index is 0.165. The number of hydrogen-bond acceptors (Lipinski definition) is 3. The molecule has 0 bridgehead atoms. The number of amides is 1. The number of nitrogens with zero attached hydrogens (tertiary/aromatic N) is 2. The molecule has 0 atom stereocenters. The monoisotopic (exact) mass is 386 g/mol. The van der Waals surface area contributed by atoms with Gasteiger partial charge in [-0.05, 0) is 43.2 Å². The van der Waals surface area contributed by atoms with Gasteiger partial charge in [-0.25, -0.2) is 8.60 Å². The van der Waals surface area contributed by atoms with Crippen molar-refractivity contribution in [2.45, 2.75) is 31.1 Å². The van der Waals surface area contributed by atoms with Gasteiger partial charge in [0.25, 0.3) is 5.91 Å². The van der Waals surface area contributed by atoms with E-state index in [1.807, 2.05) is 6.07 Å². The summed E-state index contributed by atoms with van der Waals surface area (Å²) in [5.41, 5.74) is 2.11. The van der Waals surface area contributed by atoms with Crippen LogP contribution < -0.4 is 4.90 Å². The van der Waals surface area contributed by atoms with E-state index in [1.54, 1.807) is 47.7 Å². The zero-order chi connectivity index (χ0) is 19.2. The topological polar surface area (TPSA) is 49.7 Å². The Morgan fingerprint density at radius 1 is 1.15 bits per heavy atom. The summed E-state index contributed by atoms with van der Waals surface area (Å²) in [4.78, 5) is 15.0. The van der Waals surface area contributed by atoms with Gasteiger partial charge in [0.05, 0.1) is 11.4 Å². The van der Waals surface area contributed by atoms with E-state index in [0.29, 0.717) is 29.0 Å². The molecular weight excluding hydrogens is 363 g/mol. The number of hydrogen-bond donors (Lipinski definition) is 0. The lowest BCUT2D eigenvalue weighted by Gasteiger charge is -2.25. The van der Waals surface area contributed by atoms with Crippen LogP contribution in [-0.4, -0.2) is 29.2 Å². The molecule has 4 nitrogen and oxygen atoms in total. The standard InChI is InChI=1S/C21H23FN2O2S/c1-27(2,26)23-16-8-5-7-15(13-16)20(25)24-14-21(11-3-4-12-21)19-17(22)9-6-10-18(19)24/h5-10,13H,3-4,11-12,14H2,1-2H3. The fraction of sp³-hybridized carbons (Fsp3) is 0.381. The lowest BCUT2D eigenvalue weighted by Crippen LogP contribution is -2.35. The summed E-state index contributed by atoms with van der Waals surface area (Å²) in [6.07, 6.45) is 7.06. The number of benzene rings is 2. The summed E-state index contributed by atoms with van der Waals surface area (Å²) < 4.78 is 30.8. The minimum atomic E-state index is -2.31. The van der Waals surface area contributed by atoms with Crippen LogP contribution in [0.2, 0.25) is 0 Å². The number of anilines is 1. The Morgan fingerprint density at radius 3 is 2.56 bits per heavy atom. The fourth-order valence-electron chi connectivity index (χ4n) is 4.48. The molecule has 4 rings (SSSR count). The van der Waals surface area contributed by atoms with E-state index >= 15 is 0 Å². The van der Waals surface area contributed by atoms with Gasteiger partial charge in [0, 0.05) is 45.3 Å². The van der Waals surface area contributed by atoms with Crippen LogP contribution in [0.15, 0.2) is 46.8 Å². The lowest BCUT2D eigenvalue weighted by atomic mass is 9.80. The molecule has 1 heterocycles. The van der Waals surface area contributed by atoms with E-state index in [0.717, 1.165) is 25.7 Å². The van der Waals surface area contributed by atoms with Crippen molar-refractivity contribution in [1.82, 2.24) is 0 Å². The minimum Gasteiger partial charge on any atom is -0.307 e. The average molecular weight is 386 g/mol. The third-order valence-electron chi connectivity index (χ3n) is 5.50. The van der Waals surface area contributed by atoms with Gasteiger partial charge in [-0.2, -0.15) is 4.36 Å². The second-order valence-electron chi connectivity index (χ2n) is 7.84. The second-order valence-corrected chi connectivity index (χ2v) is 10.4. The zero-order valence-electron chi connectivity index (χ0n) is 15.6. The molecule has 0 saturated heterocycles. The van der Waals surface area contributed by atoms with E-state index in [2.05, 4.69) is 4.36 Å². The molecule has 0 unspecified atom stereocenters. The maximum Gasteiger partial charge on any atom is 0.258 e. The van der Waals surface area contributed by atoms with Crippen LogP contribution in [0.25, 0.3) is 0 Å². The second kappa shape index (κ2) is 6.44. The maximum atomic E-state index is 14.7. The van der Waals surface area contributed by atoms with Crippen LogP contribution >= 0.6 is 0 Å².